The highest BCUT2D eigenvalue weighted by Gasteiger charge is 2.11. The largest absolute Gasteiger partial charge is 0.465 e. The van der Waals surface area contributed by atoms with E-state index in [0.29, 0.717) is 0 Å². The summed E-state index contributed by atoms with van der Waals surface area (Å²) in [6.45, 7) is 0. The second-order valence-electron chi connectivity index (χ2n) is 2.35. The Labute approximate surface area is 79.2 Å². The third kappa shape index (κ3) is 1.89. The maximum absolute atomic E-state index is 12.9. The predicted molar refractivity (Wildman–Crippen MR) is 47.2 cm³/mol. The molecule has 0 atom stereocenters. The van der Waals surface area contributed by atoms with Crippen molar-refractivity contribution in [2.75, 3.05) is 12.8 Å². The molecule has 0 heterocycles. The molecular formula is C8H7ClFNO2. The average Bonchev–Trinajstić information content (AvgIpc) is 2.12. The van der Waals surface area contributed by atoms with Gasteiger partial charge in [0.2, 0.25) is 0 Å². The Kier molecular flexibility index (Phi) is 2.72. The van der Waals surface area contributed by atoms with Crippen LogP contribution in [0.2, 0.25) is 5.02 Å². The number of methoxy groups -OCH3 is 1. The number of hydrogen-bond donors (Lipinski definition) is 1. The fourth-order valence-corrected chi connectivity index (χ4v) is 0.955. The zero-order chi connectivity index (χ0) is 10.0. The summed E-state index contributed by atoms with van der Waals surface area (Å²) in [6.07, 6.45) is 0. The van der Waals surface area contributed by atoms with E-state index < -0.39 is 11.8 Å². The third-order valence-electron chi connectivity index (χ3n) is 1.48. The lowest BCUT2D eigenvalue weighted by atomic mass is 10.2. The minimum absolute atomic E-state index is 0.0158. The van der Waals surface area contributed by atoms with Crippen molar-refractivity contribution in [2.24, 2.45) is 0 Å². The lowest BCUT2D eigenvalue weighted by Gasteiger charge is -2.03. The highest BCUT2D eigenvalue weighted by Crippen LogP contribution is 2.24. The lowest BCUT2D eigenvalue weighted by Crippen LogP contribution is -2.03. The number of esters is 1. The standard InChI is InChI=1S/C8H7ClFNO2/c1-13-8(12)4-2-5(10)7(9)6(11)3-4/h2-3H,11H2,1H3. The molecule has 0 saturated carbocycles. The van der Waals surface area contributed by atoms with Crippen molar-refractivity contribution < 1.29 is 13.9 Å². The van der Waals surface area contributed by atoms with Crippen LogP contribution in [0.15, 0.2) is 12.1 Å². The molecule has 2 N–H and O–H groups in total. The van der Waals surface area contributed by atoms with Gasteiger partial charge in [0, 0.05) is 0 Å². The molecule has 0 fully saturated rings. The minimum atomic E-state index is -0.734. The number of nitrogen functional groups attached to an aromatic ring is 1. The van der Waals surface area contributed by atoms with Crippen LogP contribution in [0.3, 0.4) is 0 Å². The first-order valence-electron chi connectivity index (χ1n) is 3.39. The van der Waals surface area contributed by atoms with E-state index in [1.165, 1.54) is 13.2 Å². The highest BCUT2D eigenvalue weighted by atomic mass is 35.5. The van der Waals surface area contributed by atoms with Crippen molar-refractivity contribution >= 4 is 23.3 Å². The van der Waals surface area contributed by atoms with E-state index in [0.717, 1.165) is 6.07 Å². The van der Waals surface area contributed by atoms with Crippen molar-refractivity contribution in [2.45, 2.75) is 0 Å². The second-order valence-corrected chi connectivity index (χ2v) is 2.73. The normalized spacial score (nSPS) is 9.77. The van der Waals surface area contributed by atoms with Crippen molar-refractivity contribution in [1.29, 1.82) is 0 Å². The van der Waals surface area contributed by atoms with Crippen LogP contribution < -0.4 is 5.73 Å². The fraction of sp³-hybridized carbons (Fsp3) is 0.125. The van der Waals surface area contributed by atoms with Gasteiger partial charge in [0.15, 0.2) is 0 Å². The molecule has 13 heavy (non-hydrogen) atoms. The molecular weight excluding hydrogens is 197 g/mol. The summed E-state index contributed by atoms with van der Waals surface area (Å²) in [7, 11) is 1.20. The summed E-state index contributed by atoms with van der Waals surface area (Å²) in [5.74, 6) is -1.38. The number of rotatable bonds is 1. The number of carbonyl (C=O) groups is 1. The van der Waals surface area contributed by atoms with Gasteiger partial charge in [-0.1, -0.05) is 11.6 Å². The van der Waals surface area contributed by atoms with Gasteiger partial charge in [-0.2, -0.15) is 0 Å². The molecule has 0 unspecified atom stereocenters. The molecule has 0 aliphatic carbocycles. The number of ether oxygens (including phenoxy) is 1. The smallest absolute Gasteiger partial charge is 0.338 e. The molecule has 0 amide bonds. The fourth-order valence-electron chi connectivity index (χ4n) is 0.846. The van der Waals surface area contributed by atoms with Gasteiger partial charge in [0.05, 0.1) is 23.4 Å². The highest BCUT2D eigenvalue weighted by molar-refractivity contribution is 6.33. The predicted octanol–water partition coefficient (Wildman–Crippen LogP) is 1.85. The molecule has 0 saturated heterocycles. The molecule has 0 radical (unpaired) electrons. The van der Waals surface area contributed by atoms with E-state index >= 15 is 0 Å². The number of anilines is 1. The van der Waals surface area contributed by atoms with Crippen LogP contribution in [0.4, 0.5) is 10.1 Å². The number of hydrogen-bond acceptors (Lipinski definition) is 3. The molecule has 0 aliphatic rings. The number of benzene rings is 1. The van der Waals surface area contributed by atoms with Crippen LogP contribution in [0.25, 0.3) is 0 Å². The van der Waals surface area contributed by atoms with Crippen molar-refractivity contribution in [3.63, 3.8) is 0 Å². The van der Waals surface area contributed by atoms with Gasteiger partial charge in [-0.25, -0.2) is 9.18 Å². The van der Waals surface area contributed by atoms with Crippen LogP contribution in [0.5, 0.6) is 0 Å². The molecule has 1 aromatic rings. The van der Waals surface area contributed by atoms with Gasteiger partial charge in [0.25, 0.3) is 0 Å². The van der Waals surface area contributed by atoms with Crippen LogP contribution in [0.1, 0.15) is 10.4 Å². The van der Waals surface area contributed by atoms with Crippen LogP contribution >= 0.6 is 11.6 Å². The van der Waals surface area contributed by atoms with E-state index in [9.17, 15) is 9.18 Å². The summed E-state index contributed by atoms with van der Waals surface area (Å²) in [5.41, 5.74) is 5.39. The Morgan fingerprint density at radius 3 is 2.69 bits per heavy atom. The first-order chi connectivity index (χ1) is 6.06. The van der Waals surface area contributed by atoms with Gasteiger partial charge in [-0.3, -0.25) is 0 Å². The summed E-state index contributed by atoms with van der Waals surface area (Å²) in [5, 5.41) is -0.187. The summed E-state index contributed by atoms with van der Waals surface area (Å²) in [4.78, 5) is 10.9. The molecule has 1 aromatic carbocycles. The maximum Gasteiger partial charge on any atom is 0.338 e. The summed E-state index contributed by atoms with van der Waals surface area (Å²) < 4.78 is 17.3. The van der Waals surface area contributed by atoms with Crippen LogP contribution in [0, 0.1) is 5.82 Å². The molecule has 0 spiro atoms. The molecule has 0 aromatic heterocycles. The van der Waals surface area contributed by atoms with Crippen LogP contribution in [-0.4, -0.2) is 13.1 Å². The Hall–Kier alpha value is -1.29. The SMILES string of the molecule is COC(=O)c1cc(N)c(Cl)c(F)c1. The summed E-state index contributed by atoms with van der Waals surface area (Å²) in [6, 6.07) is 2.24. The van der Waals surface area contributed by atoms with Gasteiger partial charge in [-0.15, -0.1) is 0 Å². The molecule has 3 nitrogen and oxygen atoms in total. The molecule has 0 aliphatic heterocycles. The van der Waals surface area contributed by atoms with Gasteiger partial charge >= 0.3 is 5.97 Å². The average molecular weight is 204 g/mol. The summed E-state index contributed by atoms with van der Waals surface area (Å²) >= 11 is 5.45. The van der Waals surface area contributed by atoms with E-state index in [1.54, 1.807) is 0 Å². The number of carbonyl (C=O) groups excluding carboxylic acids is 1. The third-order valence-corrected chi connectivity index (χ3v) is 1.88. The zero-order valence-corrected chi connectivity index (χ0v) is 7.56. The van der Waals surface area contributed by atoms with Crippen molar-refractivity contribution in [3.05, 3.63) is 28.5 Å². The van der Waals surface area contributed by atoms with Gasteiger partial charge in [0.1, 0.15) is 5.82 Å². The topological polar surface area (TPSA) is 52.3 Å². The first-order valence-corrected chi connectivity index (χ1v) is 3.77. The second kappa shape index (κ2) is 3.62. The van der Waals surface area contributed by atoms with E-state index in [4.69, 9.17) is 17.3 Å². The van der Waals surface area contributed by atoms with Crippen molar-refractivity contribution in [3.8, 4) is 0 Å². The van der Waals surface area contributed by atoms with E-state index in [-0.39, 0.29) is 16.3 Å². The van der Waals surface area contributed by atoms with Gasteiger partial charge < -0.3 is 10.5 Å². The molecule has 5 heteroatoms. The Morgan fingerprint density at radius 1 is 1.62 bits per heavy atom. The quantitative estimate of drug-likeness (QED) is 0.560. The Bertz CT molecular complexity index is 331. The molecule has 1 rings (SSSR count). The van der Waals surface area contributed by atoms with Crippen LogP contribution in [-0.2, 0) is 4.74 Å². The number of halogens is 2. The lowest BCUT2D eigenvalue weighted by molar-refractivity contribution is 0.0600. The van der Waals surface area contributed by atoms with Crippen molar-refractivity contribution in [1.82, 2.24) is 0 Å². The van der Waals surface area contributed by atoms with E-state index in [2.05, 4.69) is 4.74 Å². The Balaban J connectivity index is 3.20. The molecule has 0 bridgehead atoms. The zero-order valence-electron chi connectivity index (χ0n) is 6.80. The Morgan fingerprint density at radius 2 is 2.23 bits per heavy atom. The first kappa shape index (κ1) is 9.80. The van der Waals surface area contributed by atoms with E-state index in [1.807, 2.05) is 0 Å². The molecule has 70 valence electrons. The number of nitrogens with two attached hydrogens (primary N) is 1. The maximum atomic E-state index is 12.9. The minimum Gasteiger partial charge on any atom is -0.465 e. The van der Waals surface area contributed by atoms with Gasteiger partial charge in [-0.05, 0) is 12.1 Å². The monoisotopic (exact) mass is 203 g/mol.